The number of hydrogen-bond acceptors (Lipinski definition) is 7. The molecule has 2 aromatic rings. The molecule has 0 bridgehead atoms. The van der Waals surface area contributed by atoms with Crippen LogP contribution in [-0.2, 0) is 0 Å². The smallest absolute Gasteiger partial charge is 0.280 e. The first-order valence-electron chi connectivity index (χ1n) is 13.7. The highest BCUT2D eigenvalue weighted by atomic mass is 32.1. The van der Waals surface area contributed by atoms with Crippen LogP contribution in [-0.4, -0.2) is 61.1 Å². The van der Waals surface area contributed by atoms with Gasteiger partial charge in [-0.3, -0.25) is 9.59 Å². The topological polar surface area (TPSA) is 107 Å². The molecule has 214 valence electrons. The molecule has 1 aliphatic carbocycles. The summed E-state index contributed by atoms with van der Waals surface area (Å²) < 4.78 is 28.9. The van der Waals surface area contributed by atoms with Crippen LogP contribution in [0, 0.1) is 0 Å². The number of hydrogen-bond donors (Lipinski definition) is 3. The summed E-state index contributed by atoms with van der Waals surface area (Å²) in [6, 6.07) is 0.696. The highest BCUT2D eigenvalue weighted by Gasteiger charge is 2.38. The third-order valence-corrected chi connectivity index (χ3v) is 9.31. The minimum atomic E-state index is -2.83. The van der Waals surface area contributed by atoms with E-state index in [9.17, 15) is 23.5 Å². The Bertz CT molecular complexity index is 1220. The molecule has 0 spiro atoms. The first-order chi connectivity index (χ1) is 18.2. The van der Waals surface area contributed by atoms with Gasteiger partial charge in [0.05, 0.1) is 16.5 Å². The zero-order chi connectivity index (χ0) is 28.7. The monoisotopic (exact) mass is 563 g/mol. The van der Waals surface area contributed by atoms with E-state index >= 15 is 0 Å². The molecule has 1 saturated heterocycles. The van der Waals surface area contributed by atoms with Gasteiger partial charge in [0.25, 0.3) is 18.2 Å². The highest BCUT2D eigenvalue weighted by Crippen LogP contribution is 2.41. The number of carbonyl (C=O) groups is 2. The number of alkyl halides is 2. The summed E-state index contributed by atoms with van der Waals surface area (Å²) in [5.74, 6) is -0.610. The lowest BCUT2D eigenvalue weighted by Gasteiger charge is -2.39. The second-order valence-electron chi connectivity index (χ2n) is 11.7. The Kier molecular flexibility index (Phi) is 8.33. The van der Waals surface area contributed by atoms with Gasteiger partial charge in [-0.1, -0.05) is 6.92 Å². The van der Waals surface area contributed by atoms with Crippen molar-refractivity contribution >= 4 is 29.0 Å². The number of amides is 2. The Morgan fingerprint density at radius 3 is 2.56 bits per heavy atom. The molecule has 39 heavy (non-hydrogen) atoms. The quantitative estimate of drug-likeness (QED) is 0.357. The zero-order valence-corrected chi connectivity index (χ0v) is 24.3. The third-order valence-electron chi connectivity index (χ3n) is 8.23. The molecular weight excluding hydrogens is 524 g/mol. The maximum absolute atomic E-state index is 14.4. The Balaban J connectivity index is 1.78. The minimum absolute atomic E-state index is 0.0111. The number of anilines is 1. The van der Waals surface area contributed by atoms with E-state index in [1.807, 2.05) is 20.8 Å². The molecule has 2 aromatic heterocycles. The van der Waals surface area contributed by atoms with Crippen LogP contribution in [0.5, 0.6) is 0 Å². The van der Waals surface area contributed by atoms with E-state index in [4.69, 9.17) is 0 Å². The largest absolute Gasteiger partial charge is 0.388 e. The number of aliphatic hydroxyl groups is 1. The molecule has 3 atom stereocenters. The molecule has 3 unspecified atom stereocenters. The van der Waals surface area contributed by atoms with Gasteiger partial charge in [0.15, 0.2) is 5.01 Å². The number of likely N-dealkylation sites (tertiary alicyclic amines) is 1. The second-order valence-corrected chi connectivity index (χ2v) is 12.7. The Morgan fingerprint density at radius 2 is 2.00 bits per heavy atom. The van der Waals surface area contributed by atoms with Gasteiger partial charge >= 0.3 is 0 Å². The fraction of sp³-hybridized carbons (Fsp3) is 0.643. The molecule has 1 aliphatic heterocycles. The van der Waals surface area contributed by atoms with E-state index in [0.29, 0.717) is 5.82 Å². The van der Waals surface area contributed by atoms with Crippen molar-refractivity contribution in [2.45, 2.75) is 116 Å². The van der Waals surface area contributed by atoms with Crippen LogP contribution in [0.2, 0.25) is 0 Å². The minimum Gasteiger partial charge on any atom is -0.388 e. The van der Waals surface area contributed by atoms with Crippen molar-refractivity contribution in [2.24, 2.45) is 0 Å². The van der Waals surface area contributed by atoms with Crippen molar-refractivity contribution in [3.8, 4) is 10.4 Å². The van der Waals surface area contributed by atoms with Crippen molar-refractivity contribution in [2.75, 3.05) is 5.32 Å². The summed E-state index contributed by atoms with van der Waals surface area (Å²) in [4.78, 5) is 37.8. The van der Waals surface area contributed by atoms with Crippen molar-refractivity contribution in [1.29, 1.82) is 0 Å². The molecule has 11 heteroatoms. The third kappa shape index (κ3) is 6.09. The van der Waals surface area contributed by atoms with Crippen LogP contribution in [0.4, 0.5) is 14.6 Å². The lowest BCUT2D eigenvalue weighted by atomic mass is 9.78. The average molecular weight is 564 g/mol. The molecule has 3 heterocycles. The number of halogens is 2. The molecule has 4 rings (SSSR count). The number of nitrogens with one attached hydrogen (secondary N) is 2. The first-order valence-corrected chi connectivity index (χ1v) is 14.5. The fourth-order valence-electron chi connectivity index (χ4n) is 5.19. The SMILES string of the molecule is CCC1CCC(C)N1C(=O)c1nc(C(=O)NC(C)C(C)(C)O)sc1-c1cnc(NC2(C)CCC2)cc1C(F)F. The number of carbonyl (C=O) groups excluding carboxylic acids is 2. The fourth-order valence-corrected chi connectivity index (χ4v) is 6.18. The summed E-state index contributed by atoms with van der Waals surface area (Å²) >= 11 is 0.891. The molecule has 2 amide bonds. The van der Waals surface area contributed by atoms with Crippen molar-refractivity contribution < 1.29 is 23.5 Å². The van der Waals surface area contributed by atoms with E-state index in [2.05, 4.69) is 20.6 Å². The van der Waals surface area contributed by atoms with Gasteiger partial charge in [-0.25, -0.2) is 18.7 Å². The Morgan fingerprint density at radius 1 is 1.31 bits per heavy atom. The molecule has 2 aliphatic rings. The molecule has 1 saturated carbocycles. The molecule has 2 fully saturated rings. The molecule has 0 radical (unpaired) electrons. The summed E-state index contributed by atoms with van der Waals surface area (Å²) in [6.45, 7) is 10.8. The van der Waals surface area contributed by atoms with Gasteiger partial charge in [-0.05, 0) is 79.2 Å². The van der Waals surface area contributed by atoms with Crippen molar-refractivity contribution in [1.82, 2.24) is 20.2 Å². The maximum atomic E-state index is 14.4. The molecule has 3 N–H and O–H groups in total. The summed E-state index contributed by atoms with van der Waals surface area (Å²) in [7, 11) is 0. The highest BCUT2D eigenvalue weighted by molar-refractivity contribution is 7.17. The van der Waals surface area contributed by atoms with Crippen LogP contribution < -0.4 is 10.6 Å². The molecule has 8 nitrogen and oxygen atoms in total. The number of rotatable bonds is 9. The lowest BCUT2D eigenvalue weighted by Crippen LogP contribution is -2.47. The summed E-state index contributed by atoms with van der Waals surface area (Å²) in [6.07, 6.45) is 3.90. The van der Waals surface area contributed by atoms with Gasteiger partial charge in [0.2, 0.25) is 0 Å². The lowest BCUT2D eigenvalue weighted by molar-refractivity contribution is 0.0408. The zero-order valence-electron chi connectivity index (χ0n) is 23.5. The van der Waals surface area contributed by atoms with Crippen molar-refractivity contribution in [3.63, 3.8) is 0 Å². The maximum Gasteiger partial charge on any atom is 0.280 e. The normalized spacial score (nSPS) is 21.5. The average Bonchev–Trinajstić information content (AvgIpc) is 3.45. The predicted molar refractivity (Wildman–Crippen MR) is 148 cm³/mol. The van der Waals surface area contributed by atoms with Crippen LogP contribution in [0.1, 0.15) is 112 Å². The number of pyridine rings is 1. The van der Waals surface area contributed by atoms with Gasteiger partial charge in [-0.2, -0.15) is 0 Å². The van der Waals surface area contributed by atoms with E-state index < -0.39 is 24.0 Å². The van der Waals surface area contributed by atoms with Crippen LogP contribution in [0.15, 0.2) is 12.3 Å². The number of nitrogens with zero attached hydrogens (tertiary/aromatic N) is 3. The standard InChI is InChI=1S/C28H39F2N5O3S/c1-7-17-10-9-15(2)35(17)26(37)21-22(39-25(33-21)24(36)32-16(3)27(4,5)38)19-14-31-20(13-18(19)23(29)30)34-28(6)11-8-12-28/h13-17,23,38H,7-12H2,1-6H3,(H,31,34)(H,32,36). The van der Waals surface area contributed by atoms with Crippen molar-refractivity contribution in [3.05, 3.63) is 28.5 Å². The van der Waals surface area contributed by atoms with Gasteiger partial charge < -0.3 is 20.6 Å². The predicted octanol–water partition coefficient (Wildman–Crippen LogP) is 5.79. The van der Waals surface area contributed by atoms with E-state index in [0.717, 1.165) is 49.9 Å². The van der Waals surface area contributed by atoms with Gasteiger partial charge in [0, 0.05) is 34.9 Å². The molecular formula is C28H39F2N5O3S. The molecule has 0 aromatic carbocycles. The van der Waals surface area contributed by atoms with E-state index in [1.165, 1.54) is 12.3 Å². The van der Waals surface area contributed by atoms with Crippen LogP contribution in [0.3, 0.4) is 0 Å². The summed E-state index contributed by atoms with van der Waals surface area (Å²) in [5.41, 5.74) is -1.58. The van der Waals surface area contributed by atoms with Crippen LogP contribution in [0.25, 0.3) is 10.4 Å². The number of thiazole rings is 1. The van der Waals surface area contributed by atoms with Crippen LogP contribution >= 0.6 is 11.3 Å². The second kappa shape index (κ2) is 11.1. The number of aromatic nitrogens is 2. The Hall–Kier alpha value is -2.66. The Labute approximate surface area is 232 Å². The van der Waals surface area contributed by atoms with Gasteiger partial charge in [0.1, 0.15) is 11.5 Å². The van der Waals surface area contributed by atoms with E-state index in [-0.39, 0.29) is 50.2 Å². The van der Waals surface area contributed by atoms with E-state index in [1.54, 1.807) is 25.7 Å². The van der Waals surface area contributed by atoms with Gasteiger partial charge in [-0.15, -0.1) is 11.3 Å². The summed E-state index contributed by atoms with van der Waals surface area (Å²) in [5, 5.41) is 16.2. The first kappa shape index (κ1) is 29.3.